The standard InChI is InChI=1S/C16H17F2N3O/c1-11-4-6-21(7-5-11)15-9-16(20-10-19-15)22-12-2-3-13(17)14(18)8-12/h2-3,8-11H,4-7H2,1H3. The summed E-state index contributed by atoms with van der Waals surface area (Å²) in [5.74, 6) is 0.191. The van der Waals surface area contributed by atoms with Gasteiger partial charge in [0.25, 0.3) is 0 Å². The van der Waals surface area contributed by atoms with Gasteiger partial charge in [0, 0.05) is 25.2 Å². The van der Waals surface area contributed by atoms with Crippen molar-refractivity contribution in [3.05, 3.63) is 42.2 Å². The highest BCUT2D eigenvalue weighted by Gasteiger charge is 2.17. The fourth-order valence-corrected chi connectivity index (χ4v) is 2.46. The van der Waals surface area contributed by atoms with E-state index in [9.17, 15) is 8.78 Å². The van der Waals surface area contributed by atoms with Gasteiger partial charge in [0.05, 0.1) is 0 Å². The van der Waals surface area contributed by atoms with E-state index in [1.807, 2.05) is 0 Å². The van der Waals surface area contributed by atoms with E-state index >= 15 is 0 Å². The number of piperidine rings is 1. The first-order valence-corrected chi connectivity index (χ1v) is 7.32. The Hall–Kier alpha value is -2.24. The third kappa shape index (κ3) is 3.32. The van der Waals surface area contributed by atoms with E-state index in [4.69, 9.17) is 4.74 Å². The summed E-state index contributed by atoms with van der Waals surface area (Å²) in [6.07, 6.45) is 3.68. The molecule has 0 spiro atoms. The van der Waals surface area contributed by atoms with Crippen LogP contribution in [-0.2, 0) is 0 Å². The molecule has 22 heavy (non-hydrogen) atoms. The molecule has 0 unspecified atom stereocenters. The van der Waals surface area contributed by atoms with Gasteiger partial charge in [-0.3, -0.25) is 0 Å². The van der Waals surface area contributed by atoms with Gasteiger partial charge in [0.1, 0.15) is 17.9 Å². The van der Waals surface area contributed by atoms with Crippen molar-refractivity contribution in [2.24, 2.45) is 5.92 Å². The van der Waals surface area contributed by atoms with Gasteiger partial charge in [-0.15, -0.1) is 0 Å². The highest BCUT2D eigenvalue weighted by atomic mass is 19.2. The molecule has 4 nitrogen and oxygen atoms in total. The highest BCUT2D eigenvalue weighted by Crippen LogP contribution is 2.26. The third-order valence-corrected chi connectivity index (χ3v) is 3.85. The lowest BCUT2D eigenvalue weighted by atomic mass is 9.99. The number of rotatable bonds is 3. The molecule has 0 atom stereocenters. The molecule has 0 N–H and O–H groups in total. The number of nitrogens with zero attached hydrogens (tertiary/aromatic N) is 3. The Bertz CT molecular complexity index is 658. The molecule has 1 aromatic carbocycles. The first kappa shape index (κ1) is 14.7. The molecule has 2 heterocycles. The van der Waals surface area contributed by atoms with Gasteiger partial charge in [-0.05, 0) is 30.9 Å². The van der Waals surface area contributed by atoms with Crippen LogP contribution in [0.1, 0.15) is 19.8 Å². The minimum absolute atomic E-state index is 0.204. The molecule has 0 bridgehead atoms. The van der Waals surface area contributed by atoms with Crippen molar-refractivity contribution in [3.8, 4) is 11.6 Å². The van der Waals surface area contributed by atoms with Crippen molar-refractivity contribution < 1.29 is 13.5 Å². The fraction of sp³-hybridized carbons (Fsp3) is 0.375. The maximum Gasteiger partial charge on any atom is 0.224 e. The Morgan fingerprint density at radius 2 is 1.86 bits per heavy atom. The molecule has 0 aliphatic carbocycles. The van der Waals surface area contributed by atoms with Crippen LogP contribution in [0.3, 0.4) is 0 Å². The lowest BCUT2D eigenvalue weighted by molar-refractivity contribution is 0.432. The summed E-state index contributed by atoms with van der Waals surface area (Å²) < 4.78 is 31.6. The zero-order valence-corrected chi connectivity index (χ0v) is 12.3. The predicted octanol–water partition coefficient (Wildman–Crippen LogP) is 3.78. The first-order chi connectivity index (χ1) is 10.6. The Morgan fingerprint density at radius 3 is 2.59 bits per heavy atom. The molecule has 116 valence electrons. The number of aromatic nitrogens is 2. The molecule has 6 heteroatoms. The summed E-state index contributed by atoms with van der Waals surface area (Å²) in [6, 6.07) is 5.11. The lowest BCUT2D eigenvalue weighted by Crippen LogP contribution is -2.33. The SMILES string of the molecule is CC1CCN(c2cc(Oc3ccc(F)c(F)c3)ncn2)CC1. The normalized spacial score (nSPS) is 15.9. The summed E-state index contributed by atoms with van der Waals surface area (Å²) in [5.41, 5.74) is 0. The Labute approximate surface area is 127 Å². The molecule has 2 aromatic rings. The number of anilines is 1. The van der Waals surface area contributed by atoms with Crippen LogP contribution in [0.25, 0.3) is 0 Å². The number of halogens is 2. The van der Waals surface area contributed by atoms with Gasteiger partial charge in [-0.1, -0.05) is 6.92 Å². The molecular formula is C16H17F2N3O. The van der Waals surface area contributed by atoms with E-state index in [0.29, 0.717) is 5.88 Å². The average molecular weight is 305 g/mol. The van der Waals surface area contributed by atoms with Crippen LogP contribution in [0.4, 0.5) is 14.6 Å². The van der Waals surface area contributed by atoms with E-state index in [2.05, 4.69) is 21.8 Å². The van der Waals surface area contributed by atoms with E-state index in [-0.39, 0.29) is 5.75 Å². The maximum absolute atomic E-state index is 13.2. The topological polar surface area (TPSA) is 38.2 Å². The van der Waals surface area contributed by atoms with Crippen molar-refractivity contribution >= 4 is 5.82 Å². The summed E-state index contributed by atoms with van der Waals surface area (Å²) in [7, 11) is 0. The number of hydrogen-bond donors (Lipinski definition) is 0. The van der Waals surface area contributed by atoms with Crippen LogP contribution >= 0.6 is 0 Å². The third-order valence-electron chi connectivity index (χ3n) is 3.85. The minimum Gasteiger partial charge on any atom is -0.439 e. The summed E-state index contributed by atoms with van der Waals surface area (Å²) in [4.78, 5) is 10.5. The van der Waals surface area contributed by atoms with Crippen molar-refractivity contribution in [1.82, 2.24) is 9.97 Å². The van der Waals surface area contributed by atoms with Crippen LogP contribution in [0.5, 0.6) is 11.6 Å². The predicted molar refractivity (Wildman–Crippen MR) is 79.1 cm³/mol. The molecule has 1 aliphatic heterocycles. The van der Waals surface area contributed by atoms with E-state index in [0.717, 1.165) is 49.8 Å². The second kappa shape index (κ2) is 6.25. The molecule has 3 rings (SSSR count). The van der Waals surface area contributed by atoms with Gasteiger partial charge in [-0.2, -0.15) is 0 Å². The number of hydrogen-bond acceptors (Lipinski definition) is 4. The largest absolute Gasteiger partial charge is 0.439 e. The Morgan fingerprint density at radius 1 is 1.09 bits per heavy atom. The highest BCUT2D eigenvalue weighted by molar-refractivity contribution is 5.42. The van der Waals surface area contributed by atoms with E-state index < -0.39 is 11.6 Å². The second-order valence-corrected chi connectivity index (χ2v) is 5.56. The molecule has 1 saturated heterocycles. The average Bonchev–Trinajstić information content (AvgIpc) is 2.52. The monoisotopic (exact) mass is 305 g/mol. The fourth-order valence-electron chi connectivity index (χ4n) is 2.46. The molecule has 0 amide bonds. The van der Waals surface area contributed by atoms with Crippen molar-refractivity contribution in [1.29, 1.82) is 0 Å². The van der Waals surface area contributed by atoms with Gasteiger partial charge in [-0.25, -0.2) is 18.7 Å². The van der Waals surface area contributed by atoms with Crippen LogP contribution < -0.4 is 9.64 Å². The van der Waals surface area contributed by atoms with Gasteiger partial charge < -0.3 is 9.64 Å². The zero-order chi connectivity index (χ0) is 15.5. The molecule has 0 saturated carbocycles. The Kier molecular flexibility index (Phi) is 4.18. The van der Waals surface area contributed by atoms with Crippen LogP contribution in [0.15, 0.2) is 30.6 Å². The lowest BCUT2D eigenvalue weighted by Gasteiger charge is -2.31. The number of ether oxygens (including phenoxy) is 1. The second-order valence-electron chi connectivity index (χ2n) is 5.56. The molecule has 1 aliphatic rings. The van der Waals surface area contributed by atoms with Crippen LogP contribution in [0.2, 0.25) is 0 Å². The van der Waals surface area contributed by atoms with Gasteiger partial charge in [0.15, 0.2) is 11.6 Å². The maximum atomic E-state index is 13.2. The summed E-state index contributed by atoms with van der Waals surface area (Å²) in [6.45, 7) is 4.14. The van der Waals surface area contributed by atoms with Crippen molar-refractivity contribution in [2.75, 3.05) is 18.0 Å². The van der Waals surface area contributed by atoms with Crippen molar-refractivity contribution in [3.63, 3.8) is 0 Å². The van der Waals surface area contributed by atoms with Gasteiger partial charge >= 0.3 is 0 Å². The molecule has 1 fully saturated rings. The van der Waals surface area contributed by atoms with Crippen molar-refractivity contribution in [2.45, 2.75) is 19.8 Å². The Balaban J connectivity index is 1.74. The van der Waals surface area contributed by atoms with Crippen LogP contribution in [-0.4, -0.2) is 23.1 Å². The smallest absolute Gasteiger partial charge is 0.224 e. The zero-order valence-electron chi connectivity index (χ0n) is 12.3. The quantitative estimate of drug-likeness (QED) is 0.865. The van der Waals surface area contributed by atoms with E-state index in [1.54, 1.807) is 6.07 Å². The minimum atomic E-state index is -0.947. The molecule has 0 radical (unpaired) electrons. The number of benzene rings is 1. The molecule has 1 aromatic heterocycles. The van der Waals surface area contributed by atoms with Crippen LogP contribution in [0, 0.1) is 17.6 Å². The summed E-state index contributed by atoms with van der Waals surface area (Å²) in [5, 5.41) is 0. The first-order valence-electron chi connectivity index (χ1n) is 7.32. The van der Waals surface area contributed by atoms with Gasteiger partial charge in [0.2, 0.25) is 5.88 Å². The summed E-state index contributed by atoms with van der Waals surface area (Å²) >= 11 is 0. The van der Waals surface area contributed by atoms with E-state index in [1.165, 1.54) is 12.4 Å². The molecular weight excluding hydrogens is 288 g/mol.